The van der Waals surface area contributed by atoms with Crippen LogP contribution in [-0.4, -0.2) is 34.9 Å². The van der Waals surface area contributed by atoms with Crippen LogP contribution in [0.15, 0.2) is 5.16 Å². The lowest BCUT2D eigenvalue weighted by Gasteiger charge is -2.40. The quantitative estimate of drug-likeness (QED) is 0.342. The molecular weight excluding hydrogens is 266 g/mol. The maximum atomic E-state index is 12.9. The van der Waals surface area contributed by atoms with Crippen molar-refractivity contribution >= 4 is 11.7 Å². The second kappa shape index (κ2) is 7.66. The minimum atomic E-state index is 0.0706. The molecule has 1 amide bonds. The summed E-state index contributed by atoms with van der Waals surface area (Å²) in [6.07, 6.45) is 4.85. The highest BCUT2D eigenvalue weighted by atomic mass is 16.4. The number of hydrogen-bond donors (Lipinski definition) is 2. The standard InChI is InChI=1S/C16H31N3O2/c1-12(2)11-19(10-8-14(17)18-21)15(20)13-7-5-6-9-16(13,3)4/h12-13,21H,5-11H2,1-4H3,(H2,17,18). The molecule has 0 saturated heterocycles. The van der Waals surface area contributed by atoms with Crippen LogP contribution in [0.4, 0.5) is 0 Å². The molecule has 0 radical (unpaired) electrons. The predicted molar refractivity (Wildman–Crippen MR) is 85.2 cm³/mol. The van der Waals surface area contributed by atoms with Gasteiger partial charge >= 0.3 is 0 Å². The number of amides is 1. The van der Waals surface area contributed by atoms with Crippen LogP contribution in [0.1, 0.15) is 59.8 Å². The van der Waals surface area contributed by atoms with Gasteiger partial charge in [0.1, 0.15) is 5.84 Å². The zero-order chi connectivity index (χ0) is 16.0. The lowest BCUT2D eigenvalue weighted by Crippen LogP contribution is -2.46. The largest absolute Gasteiger partial charge is 0.409 e. The van der Waals surface area contributed by atoms with E-state index in [2.05, 4.69) is 32.9 Å². The van der Waals surface area contributed by atoms with Gasteiger partial charge in [-0.1, -0.05) is 45.7 Å². The molecule has 3 N–H and O–H groups in total. The van der Waals surface area contributed by atoms with Crippen LogP contribution < -0.4 is 5.73 Å². The summed E-state index contributed by atoms with van der Waals surface area (Å²) in [5.74, 6) is 0.920. The van der Waals surface area contributed by atoms with E-state index >= 15 is 0 Å². The normalized spacial score (nSPS) is 22.3. The van der Waals surface area contributed by atoms with Gasteiger partial charge in [0.05, 0.1) is 0 Å². The molecule has 1 aliphatic carbocycles. The molecule has 1 saturated carbocycles. The van der Waals surface area contributed by atoms with Crippen molar-refractivity contribution in [2.24, 2.45) is 28.1 Å². The maximum Gasteiger partial charge on any atom is 0.226 e. The third-order valence-electron chi connectivity index (χ3n) is 4.47. The summed E-state index contributed by atoms with van der Waals surface area (Å²) in [4.78, 5) is 14.8. The second-order valence-corrected chi connectivity index (χ2v) is 7.31. The van der Waals surface area contributed by atoms with Crippen molar-refractivity contribution in [3.05, 3.63) is 0 Å². The Morgan fingerprint density at radius 1 is 1.43 bits per heavy atom. The number of nitrogens with zero attached hydrogens (tertiary/aromatic N) is 2. The Kier molecular flexibility index (Phi) is 6.49. The average Bonchev–Trinajstić information content (AvgIpc) is 2.41. The third kappa shape index (κ3) is 5.21. The highest BCUT2D eigenvalue weighted by Gasteiger charge is 2.39. The molecule has 5 nitrogen and oxygen atoms in total. The van der Waals surface area contributed by atoms with Crippen LogP contribution in [0.2, 0.25) is 0 Å². The first-order valence-electron chi connectivity index (χ1n) is 8.03. The van der Waals surface area contributed by atoms with E-state index in [0.717, 1.165) is 25.8 Å². The van der Waals surface area contributed by atoms with E-state index < -0.39 is 0 Å². The third-order valence-corrected chi connectivity index (χ3v) is 4.47. The maximum absolute atomic E-state index is 12.9. The smallest absolute Gasteiger partial charge is 0.226 e. The lowest BCUT2D eigenvalue weighted by atomic mass is 9.68. The van der Waals surface area contributed by atoms with Gasteiger partial charge in [-0.2, -0.15) is 0 Å². The highest BCUT2D eigenvalue weighted by Crippen LogP contribution is 2.41. The number of oxime groups is 1. The van der Waals surface area contributed by atoms with Crippen molar-refractivity contribution in [1.82, 2.24) is 4.90 Å². The summed E-state index contributed by atoms with van der Waals surface area (Å²) in [7, 11) is 0. The minimum Gasteiger partial charge on any atom is -0.409 e. The Balaban J connectivity index is 2.78. The van der Waals surface area contributed by atoms with Crippen molar-refractivity contribution in [3.63, 3.8) is 0 Å². The highest BCUT2D eigenvalue weighted by molar-refractivity contribution is 5.82. The van der Waals surface area contributed by atoms with Gasteiger partial charge in [-0.3, -0.25) is 4.79 Å². The molecule has 1 fully saturated rings. The van der Waals surface area contributed by atoms with Crippen LogP contribution in [0.25, 0.3) is 0 Å². The number of hydrogen-bond acceptors (Lipinski definition) is 3. The zero-order valence-electron chi connectivity index (χ0n) is 13.9. The molecule has 0 spiro atoms. The monoisotopic (exact) mass is 297 g/mol. The lowest BCUT2D eigenvalue weighted by molar-refractivity contribution is -0.141. The number of amidine groups is 1. The fourth-order valence-corrected chi connectivity index (χ4v) is 3.20. The van der Waals surface area contributed by atoms with Gasteiger partial charge in [0, 0.05) is 25.4 Å². The van der Waals surface area contributed by atoms with Crippen LogP contribution in [0.3, 0.4) is 0 Å². The van der Waals surface area contributed by atoms with E-state index in [1.165, 1.54) is 6.42 Å². The molecule has 122 valence electrons. The summed E-state index contributed by atoms with van der Waals surface area (Å²) >= 11 is 0. The molecule has 0 aliphatic heterocycles. The van der Waals surface area contributed by atoms with Crippen molar-refractivity contribution in [3.8, 4) is 0 Å². The SMILES string of the molecule is CC(C)CN(CCC(N)=NO)C(=O)C1CCCCC1(C)C. The van der Waals surface area contributed by atoms with Gasteiger partial charge in [-0.15, -0.1) is 0 Å². The number of rotatable bonds is 6. The van der Waals surface area contributed by atoms with Gasteiger partial charge in [0.15, 0.2) is 0 Å². The molecule has 1 aliphatic rings. The molecule has 1 atom stereocenters. The molecule has 21 heavy (non-hydrogen) atoms. The van der Waals surface area contributed by atoms with Gasteiger partial charge < -0.3 is 15.8 Å². The molecule has 0 aromatic rings. The fraction of sp³-hybridized carbons (Fsp3) is 0.875. The van der Waals surface area contributed by atoms with E-state index in [1.807, 2.05) is 4.90 Å². The van der Waals surface area contributed by atoms with Gasteiger partial charge in [-0.25, -0.2) is 0 Å². The van der Waals surface area contributed by atoms with E-state index in [4.69, 9.17) is 10.9 Å². The molecule has 1 unspecified atom stereocenters. The van der Waals surface area contributed by atoms with Crippen LogP contribution >= 0.6 is 0 Å². The summed E-state index contributed by atoms with van der Waals surface area (Å²) in [5, 5.41) is 11.7. The Hall–Kier alpha value is -1.26. The topological polar surface area (TPSA) is 78.9 Å². The summed E-state index contributed by atoms with van der Waals surface area (Å²) in [5.41, 5.74) is 5.62. The van der Waals surface area contributed by atoms with Gasteiger partial charge in [-0.05, 0) is 24.2 Å². The first-order chi connectivity index (χ1) is 9.77. The Labute approximate surface area is 128 Å². The van der Waals surface area contributed by atoms with Gasteiger partial charge in [0.2, 0.25) is 5.91 Å². The average molecular weight is 297 g/mol. The van der Waals surface area contributed by atoms with Crippen LogP contribution in [0.5, 0.6) is 0 Å². The van der Waals surface area contributed by atoms with Crippen molar-refractivity contribution in [2.75, 3.05) is 13.1 Å². The Bertz CT molecular complexity index is 378. The minimum absolute atomic E-state index is 0.0706. The summed E-state index contributed by atoms with van der Waals surface area (Å²) in [6, 6.07) is 0. The zero-order valence-corrected chi connectivity index (χ0v) is 13.9. The predicted octanol–water partition coefficient (Wildman–Crippen LogP) is 2.82. The molecule has 5 heteroatoms. The van der Waals surface area contributed by atoms with E-state index in [9.17, 15) is 4.79 Å². The summed E-state index contributed by atoms with van der Waals surface area (Å²) in [6.45, 7) is 9.87. The van der Waals surface area contributed by atoms with Gasteiger partial charge in [0.25, 0.3) is 0 Å². The van der Waals surface area contributed by atoms with Crippen LogP contribution in [-0.2, 0) is 4.79 Å². The second-order valence-electron chi connectivity index (χ2n) is 7.31. The Morgan fingerprint density at radius 3 is 2.62 bits per heavy atom. The molecule has 0 aromatic carbocycles. The molecule has 0 heterocycles. The van der Waals surface area contributed by atoms with Crippen molar-refractivity contribution < 1.29 is 10.0 Å². The van der Waals surface area contributed by atoms with E-state index in [1.54, 1.807) is 0 Å². The molecule has 0 aromatic heterocycles. The van der Waals surface area contributed by atoms with Crippen LogP contribution in [0, 0.1) is 17.3 Å². The number of carbonyl (C=O) groups is 1. The first-order valence-corrected chi connectivity index (χ1v) is 8.03. The van der Waals surface area contributed by atoms with Crippen molar-refractivity contribution in [2.45, 2.75) is 59.8 Å². The summed E-state index contributed by atoms with van der Waals surface area (Å²) < 4.78 is 0. The molecule has 0 bridgehead atoms. The Morgan fingerprint density at radius 2 is 2.10 bits per heavy atom. The van der Waals surface area contributed by atoms with E-state index in [-0.39, 0.29) is 23.1 Å². The number of carbonyl (C=O) groups excluding carboxylic acids is 1. The molecular formula is C16H31N3O2. The number of nitrogens with two attached hydrogens (primary N) is 1. The fourth-order valence-electron chi connectivity index (χ4n) is 3.20. The molecule has 1 rings (SSSR count). The van der Waals surface area contributed by atoms with Crippen molar-refractivity contribution in [1.29, 1.82) is 0 Å². The first kappa shape index (κ1) is 17.8. The van der Waals surface area contributed by atoms with E-state index in [0.29, 0.717) is 18.9 Å².